The molecule has 132 valence electrons. The summed E-state index contributed by atoms with van der Waals surface area (Å²) in [6.07, 6.45) is 7.70. The van der Waals surface area contributed by atoms with Crippen molar-refractivity contribution >= 4 is 11.6 Å². The lowest BCUT2D eigenvalue weighted by atomic mass is 9.96. The highest BCUT2D eigenvalue weighted by molar-refractivity contribution is 6.04. The molecule has 1 N–H and O–H groups in total. The molecule has 1 aromatic heterocycles. The normalized spacial score (nSPS) is 20.9. The van der Waals surface area contributed by atoms with Gasteiger partial charge in [0.2, 0.25) is 0 Å². The number of nitrogens with zero attached hydrogens (tertiary/aromatic N) is 2. The molecule has 0 spiro atoms. The van der Waals surface area contributed by atoms with Crippen molar-refractivity contribution in [3.63, 3.8) is 0 Å². The number of benzene rings is 1. The van der Waals surface area contributed by atoms with Gasteiger partial charge in [-0.2, -0.15) is 5.10 Å². The molecule has 2 aromatic rings. The first-order valence-electron chi connectivity index (χ1n) is 9.25. The third-order valence-corrected chi connectivity index (χ3v) is 5.51. The molecule has 1 aromatic carbocycles. The lowest BCUT2D eigenvalue weighted by Crippen LogP contribution is -2.14. The first-order valence-corrected chi connectivity index (χ1v) is 9.25. The molecule has 2 aliphatic rings. The smallest absolute Gasteiger partial charge is 0.255 e. The standard InChI is InChI=1S/C20H25N3O2/c1-14-19(12-21-23(14)18-7-2-3-8-18)22-20(24)16-6-4-5-15(11-16)17-9-10-25-13-17/h4-6,11-12,17-18H,2-3,7-10,13H2,1H3,(H,22,24). The van der Waals surface area contributed by atoms with E-state index in [1.165, 1.54) is 31.2 Å². The molecule has 4 rings (SSSR count). The van der Waals surface area contributed by atoms with Crippen LogP contribution in [0.25, 0.3) is 0 Å². The fraction of sp³-hybridized carbons (Fsp3) is 0.500. The SMILES string of the molecule is Cc1c(NC(=O)c2cccc(C3CCOC3)c2)cnn1C1CCCC1. The summed E-state index contributed by atoms with van der Waals surface area (Å²) in [5.41, 5.74) is 3.73. The fourth-order valence-corrected chi connectivity index (χ4v) is 3.99. The molecule has 1 amide bonds. The van der Waals surface area contributed by atoms with Crippen LogP contribution in [-0.2, 0) is 4.74 Å². The molecule has 1 atom stereocenters. The molecule has 1 aliphatic carbocycles. The van der Waals surface area contributed by atoms with E-state index in [9.17, 15) is 4.79 Å². The molecule has 25 heavy (non-hydrogen) atoms. The lowest BCUT2D eigenvalue weighted by Gasteiger charge is -2.13. The van der Waals surface area contributed by atoms with Crippen molar-refractivity contribution in [2.24, 2.45) is 0 Å². The predicted octanol–water partition coefficient (Wildman–Crippen LogP) is 4.06. The fourth-order valence-electron chi connectivity index (χ4n) is 3.99. The molecule has 1 aliphatic heterocycles. The van der Waals surface area contributed by atoms with Crippen molar-refractivity contribution in [2.75, 3.05) is 18.5 Å². The van der Waals surface area contributed by atoms with Crippen LogP contribution in [-0.4, -0.2) is 28.9 Å². The molecule has 0 bridgehead atoms. The highest BCUT2D eigenvalue weighted by Crippen LogP contribution is 2.32. The molecule has 1 saturated carbocycles. The summed E-state index contributed by atoms with van der Waals surface area (Å²) in [5, 5.41) is 7.55. The van der Waals surface area contributed by atoms with E-state index in [4.69, 9.17) is 4.74 Å². The van der Waals surface area contributed by atoms with Gasteiger partial charge in [-0.05, 0) is 43.9 Å². The highest BCUT2D eigenvalue weighted by Gasteiger charge is 2.22. The number of aromatic nitrogens is 2. The molecular weight excluding hydrogens is 314 g/mol. The van der Waals surface area contributed by atoms with E-state index in [1.54, 1.807) is 6.20 Å². The van der Waals surface area contributed by atoms with E-state index < -0.39 is 0 Å². The summed E-state index contributed by atoms with van der Waals surface area (Å²) < 4.78 is 7.54. The Kier molecular flexibility index (Phi) is 4.57. The minimum absolute atomic E-state index is 0.0742. The van der Waals surface area contributed by atoms with Crippen LogP contribution >= 0.6 is 0 Å². The number of nitrogens with one attached hydrogen (secondary N) is 1. The van der Waals surface area contributed by atoms with Crippen molar-refractivity contribution < 1.29 is 9.53 Å². The van der Waals surface area contributed by atoms with Gasteiger partial charge in [0.1, 0.15) is 0 Å². The van der Waals surface area contributed by atoms with Gasteiger partial charge in [0.25, 0.3) is 5.91 Å². The summed E-state index contributed by atoms with van der Waals surface area (Å²) in [5.74, 6) is 0.328. The number of carbonyl (C=O) groups is 1. The Hall–Kier alpha value is -2.14. The van der Waals surface area contributed by atoms with E-state index in [0.717, 1.165) is 31.0 Å². The second kappa shape index (κ2) is 7.00. The van der Waals surface area contributed by atoms with Crippen molar-refractivity contribution in [3.8, 4) is 0 Å². The zero-order chi connectivity index (χ0) is 17.2. The number of anilines is 1. The average molecular weight is 339 g/mol. The van der Waals surface area contributed by atoms with Crippen LogP contribution in [0.1, 0.15) is 65.7 Å². The third kappa shape index (κ3) is 3.33. The maximum atomic E-state index is 12.7. The lowest BCUT2D eigenvalue weighted by molar-refractivity contribution is 0.102. The van der Waals surface area contributed by atoms with Gasteiger partial charge in [0, 0.05) is 18.1 Å². The van der Waals surface area contributed by atoms with Crippen LogP contribution in [0.4, 0.5) is 5.69 Å². The zero-order valence-corrected chi connectivity index (χ0v) is 14.7. The third-order valence-electron chi connectivity index (χ3n) is 5.51. The highest BCUT2D eigenvalue weighted by atomic mass is 16.5. The van der Waals surface area contributed by atoms with E-state index in [0.29, 0.717) is 17.5 Å². The van der Waals surface area contributed by atoms with E-state index in [1.807, 2.05) is 25.1 Å². The van der Waals surface area contributed by atoms with Crippen molar-refractivity contribution in [2.45, 2.75) is 51.0 Å². The Morgan fingerprint density at radius 3 is 2.88 bits per heavy atom. The molecule has 5 nitrogen and oxygen atoms in total. The van der Waals surface area contributed by atoms with Gasteiger partial charge in [-0.15, -0.1) is 0 Å². The maximum absolute atomic E-state index is 12.7. The van der Waals surface area contributed by atoms with Crippen molar-refractivity contribution in [1.29, 1.82) is 0 Å². The summed E-state index contributed by atoms with van der Waals surface area (Å²) >= 11 is 0. The Morgan fingerprint density at radius 1 is 1.28 bits per heavy atom. The zero-order valence-electron chi connectivity index (χ0n) is 14.7. The van der Waals surface area contributed by atoms with Crippen LogP contribution in [0.3, 0.4) is 0 Å². The van der Waals surface area contributed by atoms with Gasteiger partial charge >= 0.3 is 0 Å². The quantitative estimate of drug-likeness (QED) is 0.914. The molecule has 1 saturated heterocycles. The topological polar surface area (TPSA) is 56.1 Å². The summed E-state index contributed by atoms with van der Waals surface area (Å²) in [4.78, 5) is 12.7. The first kappa shape index (κ1) is 16.3. The Balaban J connectivity index is 1.49. The van der Waals surface area contributed by atoms with Gasteiger partial charge in [0.15, 0.2) is 0 Å². The average Bonchev–Trinajstić information content (AvgIpc) is 3.37. The minimum Gasteiger partial charge on any atom is -0.381 e. The summed E-state index contributed by atoms with van der Waals surface area (Å²) in [6.45, 7) is 3.59. The minimum atomic E-state index is -0.0742. The maximum Gasteiger partial charge on any atom is 0.255 e. The number of amides is 1. The Morgan fingerprint density at radius 2 is 2.12 bits per heavy atom. The van der Waals surface area contributed by atoms with Crippen molar-refractivity contribution in [3.05, 3.63) is 47.3 Å². The summed E-state index contributed by atoms with van der Waals surface area (Å²) in [7, 11) is 0. The molecule has 0 radical (unpaired) electrons. The molecule has 5 heteroatoms. The summed E-state index contributed by atoms with van der Waals surface area (Å²) in [6, 6.07) is 8.38. The van der Waals surface area contributed by atoms with Crippen LogP contribution in [0.15, 0.2) is 30.5 Å². The van der Waals surface area contributed by atoms with E-state index >= 15 is 0 Å². The number of hydrogen-bond acceptors (Lipinski definition) is 3. The van der Waals surface area contributed by atoms with Crippen LogP contribution in [0.5, 0.6) is 0 Å². The van der Waals surface area contributed by atoms with Gasteiger partial charge in [-0.3, -0.25) is 9.48 Å². The van der Waals surface area contributed by atoms with E-state index in [2.05, 4.69) is 21.2 Å². The first-order chi connectivity index (χ1) is 12.2. The van der Waals surface area contributed by atoms with Crippen LogP contribution in [0, 0.1) is 6.92 Å². The molecule has 2 heterocycles. The van der Waals surface area contributed by atoms with Gasteiger partial charge in [-0.1, -0.05) is 25.0 Å². The van der Waals surface area contributed by atoms with Crippen molar-refractivity contribution in [1.82, 2.24) is 9.78 Å². The second-order valence-electron chi connectivity index (χ2n) is 7.17. The van der Waals surface area contributed by atoms with E-state index in [-0.39, 0.29) is 5.91 Å². The van der Waals surface area contributed by atoms with Crippen LogP contribution in [0.2, 0.25) is 0 Å². The number of rotatable bonds is 4. The molecule has 2 fully saturated rings. The Labute approximate surface area is 148 Å². The number of hydrogen-bond donors (Lipinski definition) is 1. The predicted molar refractivity (Wildman–Crippen MR) is 97.0 cm³/mol. The van der Waals surface area contributed by atoms with Gasteiger partial charge < -0.3 is 10.1 Å². The molecule has 1 unspecified atom stereocenters. The number of ether oxygens (including phenoxy) is 1. The second-order valence-corrected chi connectivity index (χ2v) is 7.17. The molecular formula is C20H25N3O2. The Bertz CT molecular complexity index is 756. The largest absolute Gasteiger partial charge is 0.381 e. The monoisotopic (exact) mass is 339 g/mol. The van der Waals surface area contributed by atoms with Gasteiger partial charge in [0.05, 0.1) is 30.2 Å². The van der Waals surface area contributed by atoms with Crippen LogP contribution < -0.4 is 5.32 Å². The number of carbonyl (C=O) groups excluding carboxylic acids is 1. The van der Waals surface area contributed by atoms with Gasteiger partial charge in [-0.25, -0.2) is 0 Å².